The van der Waals surface area contributed by atoms with Gasteiger partial charge in [0, 0.05) is 22.5 Å². The molecule has 0 amide bonds. The fraction of sp³-hybridized carbons (Fsp3) is 0.375. The van der Waals surface area contributed by atoms with Crippen LogP contribution in [0.2, 0.25) is 0 Å². The van der Waals surface area contributed by atoms with Crippen LogP contribution in [-0.4, -0.2) is 6.04 Å². The van der Waals surface area contributed by atoms with E-state index in [0.29, 0.717) is 11.1 Å². The van der Waals surface area contributed by atoms with Gasteiger partial charge in [-0.25, -0.2) is 8.78 Å². The van der Waals surface area contributed by atoms with Crippen molar-refractivity contribution in [3.63, 3.8) is 0 Å². The lowest BCUT2D eigenvalue weighted by atomic mass is 9.99. The minimum absolute atomic E-state index is 0.200. The maximum atomic E-state index is 14.2. The second-order valence-corrected chi connectivity index (χ2v) is 6.29. The van der Waals surface area contributed by atoms with Crippen molar-refractivity contribution in [2.24, 2.45) is 0 Å². The summed E-state index contributed by atoms with van der Waals surface area (Å²) in [6.45, 7) is 7.70. The lowest BCUT2D eigenvalue weighted by Gasteiger charge is -2.23. The predicted octanol–water partition coefficient (Wildman–Crippen LogP) is 4.73. The first-order valence-corrected chi connectivity index (χ1v) is 7.53. The maximum absolute atomic E-state index is 14.2. The molecule has 0 spiro atoms. The molecule has 4 heteroatoms. The molecular weight excluding hydrogens is 276 g/mol. The van der Waals surface area contributed by atoms with E-state index in [9.17, 15) is 8.78 Å². The van der Waals surface area contributed by atoms with E-state index in [1.807, 2.05) is 32.2 Å². The lowest BCUT2D eigenvalue weighted by Crippen LogP contribution is -2.29. The van der Waals surface area contributed by atoms with Crippen molar-refractivity contribution in [2.75, 3.05) is 0 Å². The van der Waals surface area contributed by atoms with Crippen molar-refractivity contribution in [3.05, 3.63) is 56.8 Å². The Hall–Kier alpha value is -1.26. The fourth-order valence-electron chi connectivity index (χ4n) is 2.22. The van der Waals surface area contributed by atoms with E-state index in [-0.39, 0.29) is 12.1 Å². The van der Waals surface area contributed by atoms with Crippen molar-refractivity contribution in [1.82, 2.24) is 5.32 Å². The van der Waals surface area contributed by atoms with Crippen LogP contribution in [0.15, 0.2) is 23.6 Å². The molecule has 0 bridgehead atoms. The average Bonchev–Trinajstić information content (AvgIpc) is 2.77. The summed E-state index contributed by atoms with van der Waals surface area (Å²) in [5.41, 5.74) is 2.09. The standard InChI is InChI=1S/C16H19F2NS/c1-9(2)19-15(16-10(3)5-6-20-16)12-7-11(4)13(17)8-14(12)18/h5-9,15,19H,1-4H3. The van der Waals surface area contributed by atoms with Gasteiger partial charge in [0.2, 0.25) is 0 Å². The zero-order valence-electron chi connectivity index (χ0n) is 12.1. The Morgan fingerprint density at radius 1 is 1.05 bits per heavy atom. The Labute approximate surface area is 122 Å². The smallest absolute Gasteiger partial charge is 0.131 e. The minimum atomic E-state index is -0.502. The van der Waals surface area contributed by atoms with E-state index in [2.05, 4.69) is 5.32 Å². The van der Waals surface area contributed by atoms with Crippen molar-refractivity contribution < 1.29 is 8.78 Å². The highest BCUT2D eigenvalue weighted by Crippen LogP contribution is 2.32. The van der Waals surface area contributed by atoms with Crippen molar-refractivity contribution in [2.45, 2.75) is 39.8 Å². The number of rotatable bonds is 4. The summed E-state index contributed by atoms with van der Waals surface area (Å²) in [4.78, 5) is 1.07. The largest absolute Gasteiger partial charge is 0.303 e. The summed E-state index contributed by atoms with van der Waals surface area (Å²) >= 11 is 1.59. The first kappa shape index (κ1) is 15.1. The van der Waals surface area contributed by atoms with Gasteiger partial charge in [0.1, 0.15) is 11.6 Å². The third-order valence-electron chi connectivity index (χ3n) is 3.25. The normalized spacial score (nSPS) is 12.9. The summed E-state index contributed by atoms with van der Waals surface area (Å²) in [6.07, 6.45) is 0. The zero-order valence-corrected chi connectivity index (χ0v) is 12.9. The van der Waals surface area contributed by atoms with Crippen LogP contribution in [0.4, 0.5) is 8.78 Å². The number of halogens is 2. The second-order valence-electron chi connectivity index (χ2n) is 5.35. The highest BCUT2D eigenvalue weighted by molar-refractivity contribution is 7.10. The van der Waals surface area contributed by atoms with E-state index in [1.54, 1.807) is 24.3 Å². The number of hydrogen-bond donors (Lipinski definition) is 1. The topological polar surface area (TPSA) is 12.0 Å². The van der Waals surface area contributed by atoms with Gasteiger partial charge in [-0.05, 0) is 56.3 Å². The first-order valence-electron chi connectivity index (χ1n) is 6.65. The fourth-order valence-corrected chi connectivity index (χ4v) is 3.22. The molecule has 0 aliphatic carbocycles. The molecule has 0 radical (unpaired) electrons. The summed E-state index contributed by atoms with van der Waals surface area (Å²) in [6, 6.07) is 4.55. The van der Waals surface area contributed by atoms with Crippen molar-refractivity contribution >= 4 is 11.3 Å². The number of thiophene rings is 1. The minimum Gasteiger partial charge on any atom is -0.303 e. The summed E-state index contributed by atoms with van der Waals surface area (Å²) in [5.74, 6) is -1.00. The van der Waals surface area contributed by atoms with E-state index < -0.39 is 11.6 Å². The van der Waals surface area contributed by atoms with Gasteiger partial charge in [-0.2, -0.15) is 0 Å². The van der Waals surface area contributed by atoms with Crippen molar-refractivity contribution in [3.8, 4) is 0 Å². The SMILES string of the molecule is Cc1cc(C(NC(C)C)c2sccc2C)c(F)cc1F. The van der Waals surface area contributed by atoms with Gasteiger partial charge in [0.25, 0.3) is 0 Å². The van der Waals surface area contributed by atoms with Crippen LogP contribution in [0.25, 0.3) is 0 Å². The molecule has 1 unspecified atom stereocenters. The molecule has 0 aliphatic rings. The molecule has 1 nitrogen and oxygen atoms in total. The van der Waals surface area contributed by atoms with Crippen LogP contribution >= 0.6 is 11.3 Å². The van der Waals surface area contributed by atoms with Crippen molar-refractivity contribution in [1.29, 1.82) is 0 Å². The van der Waals surface area contributed by atoms with Gasteiger partial charge >= 0.3 is 0 Å². The lowest BCUT2D eigenvalue weighted by molar-refractivity contribution is 0.499. The molecule has 1 aromatic carbocycles. The van der Waals surface area contributed by atoms with E-state index in [0.717, 1.165) is 16.5 Å². The van der Waals surface area contributed by atoms with Gasteiger partial charge in [0.05, 0.1) is 6.04 Å². The Morgan fingerprint density at radius 3 is 2.30 bits per heavy atom. The van der Waals surface area contributed by atoms with Crippen LogP contribution in [0.5, 0.6) is 0 Å². The third kappa shape index (κ3) is 3.07. The molecule has 0 saturated carbocycles. The first-order chi connectivity index (χ1) is 9.40. The van der Waals surface area contributed by atoms with Crippen LogP contribution in [0.3, 0.4) is 0 Å². The number of hydrogen-bond acceptors (Lipinski definition) is 2. The zero-order chi connectivity index (χ0) is 14.9. The highest BCUT2D eigenvalue weighted by Gasteiger charge is 2.22. The summed E-state index contributed by atoms with van der Waals surface area (Å²) < 4.78 is 27.6. The Kier molecular flexibility index (Phi) is 4.55. The molecule has 108 valence electrons. The molecule has 0 aliphatic heterocycles. The number of aryl methyl sites for hydroxylation is 2. The molecule has 1 N–H and O–H groups in total. The number of nitrogens with one attached hydrogen (secondary N) is 1. The summed E-state index contributed by atoms with van der Waals surface area (Å²) in [7, 11) is 0. The van der Waals surface area contributed by atoms with E-state index >= 15 is 0 Å². The monoisotopic (exact) mass is 295 g/mol. The molecule has 0 saturated heterocycles. The Balaban J connectivity index is 2.52. The molecular formula is C16H19F2NS. The summed E-state index contributed by atoms with van der Waals surface area (Å²) in [5, 5.41) is 5.37. The van der Waals surface area contributed by atoms with Gasteiger partial charge in [0.15, 0.2) is 0 Å². The average molecular weight is 295 g/mol. The maximum Gasteiger partial charge on any atom is 0.131 e. The van der Waals surface area contributed by atoms with Gasteiger partial charge in [-0.15, -0.1) is 11.3 Å². The van der Waals surface area contributed by atoms with E-state index in [4.69, 9.17) is 0 Å². The second kappa shape index (κ2) is 6.02. The van der Waals surface area contributed by atoms with Crippen LogP contribution < -0.4 is 5.32 Å². The van der Waals surface area contributed by atoms with Crippen LogP contribution in [0, 0.1) is 25.5 Å². The van der Waals surface area contributed by atoms with E-state index in [1.165, 1.54) is 0 Å². The molecule has 2 rings (SSSR count). The number of benzene rings is 1. The van der Waals surface area contributed by atoms with Gasteiger partial charge in [-0.3, -0.25) is 0 Å². The van der Waals surface area contributed by atoms with Crippen LogP contribution in [0.1, 0.15) is 41.5 Å². The molecule has 0 fully saturated rings. The highest BCUT2D eigenvalue weighted by atomic mass is 32.1. The van der Waals surface area contributed by atoms with Gasteiger partial charge < -0.3 is 5.32 Å². The molecule has 1 heterocycles. The quantitative estimate of drug-likeness (QED) is 0.859. The molecule has 2 aromatic rings. The van der Waals surface area contributed by atoms with Crippen LogP contribution in [-0.2, 0) is 0 Å². The molecule has 20 heavy (non-hydrogen) atoms. The Morgan fingerprint density at radius 2 is 1.75 bits per heavy atom. The predicted molar refractivity (Wildman–Crippen MR) is 80.3 cm³/mol. The molecule has 1 aromatic heterocycles. The van der Waals surface area contributed by atoms with Gasteiger partial charge in [-0.1, -0.05) is 0 Å². The third-order valence-corrected chi connectivity index (χ3v) is 4.34. The molecule has 1 atom stereocenters. The Bertz CT molecular complexity index is 605.